The van der Waals surface area contributed by atoms with Crippen molar-refractivity contribution in [2.24, 2.45) is 13.0 Å². The zero-order chi connectivity index (χ0) is 26.9. The minimum atomic E-state index is -0.968. The zero-order valence-corrected chi connectivity index (χ0v) is 22.5. The highest BCUT2D eigenvalue weighted by Crippen LogP contribution is 2.55. The number of carboxylic acid groups (broad SMARTS) is 1. The molecule has 0 bridgehead atoms. The summed E-state index contributed by atoms with van der Waals surface area (Å²) in [6.07, 6.45) is 12.1. The monoisotopic (exact) mass is 525 g/mol. The zero-order valence-electron chi connectivity index (χ0n) is 22.5. The Balaban J connectivity index is 1.26. The smallest absolute Gasteiger partial charge is 0.339 e. The number of nitrogens with zero attached hydrogens (tertiary/aromatic N) is 5. The van der Waals surface area contributed by atoms with Crippen molar-refractivity contribution < 1.29 is 14.6 Å². The quantitative estimate of drug-likeness (QED) is 0.268. The van der Waals surface area contributed by atoms with Gasteiger partial charge in [-0.2, -0.15) is 5.10 Å². The highest BCUT2D eigenvalue weighted by Gasteiger charge is 2.46. The fourth-order valence-corrected chi connectivity index (χ4v) is 6.10. The van der Waals surface area contributed by atoms with E-state index in [4.69, 9.17) is 4.74 Å². The van der Waals surface area contributed by atoms with Crippen molar-refractivity contribution in [3.63, 3.8) is 0 Å². The molecule has 0 spiro atoms. The summed E-state index contributed by atoms with van der Waals surface area (Å²) in [5, 5.41) is 22.7. The van der Waals surface area contributed by atoms with Crippen LogP contribution in [0.1, 0.15) is 85.5 Å². The molecule has 3 atom stereocenters. The van der Waals surface area contributed by atoms with Gasteiger partial charge >= 0.3 is 5.97 Å². The first-order valence-corrected chi connectivity index (χ1v) is 14.0. The highest BCUT2D eigenvalue weighted by atomic mass is 16.5. The van der Waals surface area contributed by atoms with Crippen molar-refractivity contribution >= 4 is 5.97 Å². The summed E-state index contributed by atoms with van der Waals surface area (Å²) in [6, 6.07) is 16.3. The van der Waals surface area contributed by atoms with Gasteiger partial charge in [0.1, 0.15) is 11.3 Å². The van der Waals surface area contributed by atoms with Gasteiger partial charge in [0.05, 0.1) is 29.4 Å². The standard InChI is InChI=1S/C31H35N5O3/c1-20(21-9-5-3-4-6-10-21)39-25-14-8-12-23(16-25)22-11-7-13-24(15-22)36-30(28(18-32-36)31(37)38)27-17-26(27)29-19-35(2)34-33-29/h7-8,11-16,18-21,26-27H,3-6,9-10,17H2,1-2H3,(H,37,38)/t20?,26-,27-/m0/s1. The van der Waals surface area contributed by atoms with Crippen molar-refractivity contribution in [1.82, 2.24) is 24.8 Å². The second-order valence-electron chi connectivity index (χ2n) is 11.1. The van der Waals surface area contributed by atoms with Crippen LogP contribution in [0.3, 0.4) is 0 Å². The summed E-state index contributed by atoms with van der Waals surface area (Å²) in [7, 11) is 1.84. The van der Waals surface area contributed by atoms with Crippen LogP contribution in [0.2, 0.25) is 0 Å². The summed E-state index contributed by atoms with van der Waals surface area (Å²) in [5.41, 5.74) is 4.75. The molecule has 202 valence electrons. The maximum Gasteiger partial charge on any atom is 0.339 e. The lowest BCUT2D eigenvalue weighted by Gasteiger charge is -2.24. The first kappa shape index (κ1) is 25.3. The van der Waals surface area contributed by atoms with Crippen molar-refractivity contribution in [2.45, 2.75) is 69.8 Å². The second-order valence-corrected chi connectivity index (χ2v) is 11.1. The number of hydrogen-bond donors (Lipinski definition) is 1. The predicted molar refractivity (Wildman–Crippen MR) is 148 cm³/mol. The van der Waals surface area contributed by atoms with Gasteiger partial charge in [0, 0.05) is 25.1 Å². The Hall–Kier alpha value is -3.94. The fraction of sp³-hybridized carbons (Fsp3) is 0.419. The molecule has 8 heteroatoms. The Labute approximate surface area is 228 Å². The van der Waals surface area contributed by atoms with Crippen molar-refractivity contribution in [1.29, 1.82) is 0 Å². The number of carbonyl (C=O) groups is 1. The van der Waals surface area contributed by atoms with Gasteiger partial charge in [0.15, 0.2) is 0 Å². The number of aromatic carboxylic acids is 1. The van der Waals surface area contributed by atoms with E-state index < -0.39 is 5.97 Å². The molecule has 0 aliphatic heterocycles. The Bertz CT molecular complexity index is 1470. The number of carboxylic acids is 1. The van der Waals surface area contributed by atoms with Crippen LogP contribution in [-0.2, 0) is 7.05 Å². The minimum absolute atomic E-state index is 0.0289. The average Bonchev–Trinajstić information content (AvgIpc) is 3.52. The van der Waals surface area contributed by atoms with E-state index in [0.29, 0.717) is 11.6 Å². The topological polar surface area (TPSA) is 95.1 Å². The summed E-state index contributed by atoms with van der Waals surface area (Å²) < 4.78 is 9.89. The minimum Gasteiger partial charge on any atom is -0.490 e. The Morgan fingerprint density at radius 2 is 1.77 bits per heavy atom. The molecule has 8 nitrogen and oxygen atoms in total. The average molecular weight is 526 g/mol. The van der Waals surface area contributed by atoms with Gasteiger partial charge < -0.3 is 9.84 Å². The molecule has 2 fully saturated rings. The molecule has 1 N–H and O–H groups in total. The Kier molecular flexibility index (Phi) is 6.94. The number of aromatic nitrogens is 5. The number of aryl methyl sites for hydroxylation is 1. The highest BCUT2D eigenvalue weighted by molar-refractivity contribution is 5.89. The van der Waals surface area contributed by atoms with Gasteiger partial charge in [-0.25, -0.2) is 9.48 Å². The predicted octanol–water partition coefficient (Wildman–Crippen LogP) is 6.37. The molecular weight excluding hydrogens is 490 g/mol. The van der Waals surface area contributed by atoms with Gasteiger partial charge in [0.25, 0.3) is 0 Å². The molecule has 0 radical (unpaired) electrons. The van der Waals surface area contributed by atoms with E-state index in [1.165, 1.54) is 44.7 Å². The third-order valence-electron chi connectivity index (χ3n) is 8.32. The molecule has 0 saturated heterocycles. The van der Waals surface area contributed by atoms with Crippen molar-refractivity contribution in [2.75, 3.05) is 0 Å². The second kappa shape index (κ2) is 10.7. The Morgan fingerprint density at radius 3 is 2.49 bits per heavy atom. The molecule has 2 aliphatic carbocycles. The lowest BCUT2D eigenvalue weighted by Crippen LogP contribution is -2.23. The van der Waals surface area contributed by atoms with Gasteiger partial charge in [0.2, 0.25) is 0 Å². The van der Waals surface area contributed by atoms with Gasteiger partial charge in [-0.05, 0) is 67.5 Å². The van der Waals surface area contributed by atoms with E-state index >= 15 is 0 Å². The van der Waals surface area contributed by atoms with Crippen LogP contribution in [0, 0.1) is 5.92 Å². The molecule has 6 rings (SSSR count). The normalized spacial score (nSPS) is 20.4. The van der Waals surface area contributed by atoms with Gasteiger partial charge in [-0.3, -0.25) is 4.68 Å². The van der Waals surface area contributed by atoms with Crippen LogP contribution < -0.4 is 4.74 Å². The fourth-order valence-electron chi connectivity index (χ4n) is 6.10. The molecule has 2 saturated carbocycles. The van der Waals surface area contributed by atoms with Crippen molar-refractivity contribution in [3.05, 3.63) is 77.9 Å². The maximum absolute atomic E-state index is 12.1. The molecule has 39 heavy (non-hydrogen) atoms. The van der Waals surface area contributed by atoms with E-state index in [1.54, 1.807) is 9.36 Å². The van der Waals surface area contributed by atoms with Crippen LogP contribution in [0.25, 0.3) is 16.8 Å². The van der Waals surface area contributed by atoms with E-state index in [-0.39, 0.29) is 23.5 Å². The molecule has 2 aliphatic rings. The lowest BCUT2D eigenvalue weighted by molar-refractivity contribution is 0.0695. The SMILES string of the molecule is CC(Oc1cccc(-c2cccc(-n3ncc(C(=O)O)c3[C@H]3C[C@@H]3c3cn(C)nn3)c2)c1)C1CCCCCC1. The lowest BCUT2D eigenvalue weighted by atomic mass is 9.95. The molecule has 2 heterocycles. The third kappa shape index (κ3) is 5.33. The maximum atomic E-state index is 12.1. The molecule has 1 unspecified atom stereocenters. The summed E-state index contributed by atoms with van der Waals surface area (Å²) in [5.74, 6) is 0.687. The molecule has 2 aromatic carbocycles. The largest absolute Gasteiger partial charge is 0.490 e. The first-order valence-electron chi connectivity index (χ1n) is 14.0. The van der Waals surface area contributed by atoms with Crippen LogP contribution in [0.4, 0.5) is 0 Å². The van der Waals surface area contributed by atoms with Crippen LogP contribution >= 0.6 is 0 Å². The number of benzene rings is 2. The van der Waals surface area contributed by atoms with E-state index in [1.807, 2.05) is 37.5 Å². The van der Waals surface area contributed by atoms with Crippen LogP contribution in [-0.4, -0.2) is 42.0 Å². The van der Waals surface area contributed by atoms with E-state index in [0.717, 1.165) is 34.7 Å². The van der Waals surface area contributed by atoms with Crippen LogP contribution in [0.15, 0.2) is 60.9 Å². The number of rotatable bonds is 8. The molecule has 0 amide bonds. The summed E-state index contributed by atoms with van der Waals surface area (Å²) in [4.78, 5) is 12.1. The van der Waals surface area contributed by atoms with Gasteiger partial charge in [-0.15, -0.1) is 5.10 Å². The summed E-state index contributed by atoms with van der Waals surface area (Å²) >= 11 is 0. The van der Waals surface area contributed by atoms with Crippen molar-refractivity contribution in [3.8, 4) is 22.6 Å². The summed E-state index contributed by atoms with van der Waals surface area (Å²) in [6.45, 7) is 2.20. The van der Waals surface area contributed by atoms with Gasteiger partial charge in [-0.1, -0.05) is 55.2 Å². The van der Waals surface area contributed by atoms with E-state index in [2.05, 4.69) is 46.6 Å². The molecule has 2 aromatic heterocycles. The van der Waals surface area contributed by atoms with E-state index in [9.17, 15) is 9.90 Å². The molecule has 4 aromatic rings. The first-order chi connectivity index (χ1) is 19.0. The van der Waals surface area contributed by atoms with Crippen LogP contribution in [0.5, 0.6) is 5.75 Å². The number of ether oxygens (including phenoxy) is 1. The molecular formula is C31H35N5O3. The number of hydrogen-bond acceptors (Lipinski definition) is 5. The Morgan fingerprint density at radius 1 is 1.03 bits per heavy atom. The third-order valence-corrected chi connectivity index (χ3v) is 8.32.